The zero-order valence-corrected chi connectivity index (χ0v) is 13.5. The lowest BCUT2D eigenvalue weighted by molar-refractivity contribution is -0.101. The molecule has 0 aliphatic carbocycles. The van der Waals surface area contributed by atoms with E-state index in [1.807, 2.05) is 17.2 Å². The quantitative estimate of drug-likeness (QED) is 0.860. The summed E-state index contributed by atoms with van der Waals surface area (Å²) in [7, 11) is 0. The first-order valence-electron chi connectivity index (χ1n) is 8.38. The van der Waals surface area contributed by atoms with Crippen LogP contribution in [0, 0.1) is 0 Å². The largest absolute Gasteiger partial charge is 0.459 e. The Morgan fingerprint density at radius 1 is 1.29 bits per heavy atom. The number of piperidine rings is 1. The van der Waals surface area contributed by atoms with Crippen LogP contribution in [0.4, 0.5) is 0 Å². The highest BCUT2D eigenvalue weighted by atomic mass is 16.5. The Labute approximate surface area is 141 Å². The average Bonchev–Trinajstić information content (AvgIpc) is 3.17. The van der Waals surface area contributed by atoms with E-state index < -0.39 is 0 Å². The minimum absolute atomic E-state index is 0.0367. The molecule has 2 aromatic heterocycles. The Morgan fingerprint density at radius 3 is 3.04 bits per heavy atom. The summed E-state index contributed by atoms with van der Waals surface area (Å²) in [5.74, 6) is 0.370. The van der Waals surface area contributed by atoms with Gasteiger partial charge in [0.05, 0.1) is 25.0 Å². The van der Waals surface area contributed by atoms with Crippen LogP contribution in [0.1, 0.15) is 22.5 Å². The normalized spacial score (nSPS) is 24.6. The van der Waals surface area contributed by atoms with E-state index in [1.165, 1.54) is 5.56 Å². The summed E-state index contributed by atoms with van der Waals surface area (Å²) in [6.07, 6.45) is 6.28. The van der Waals surface area contributed by atoms with E-state index in [2.05, 4.69) is 16.0 Å². The van der Waals surface area contributed by atoms with Crippen molar-refractivity contribution in [3.05, 3.63) is 54.2 Å². The highest BCUT2D eigenvalue weighted by Crippen LogP contribution is 2.25. The third kappa shape index (κ3) is 3.07. The van der Waals surface area contributed by atoms with E-state index in [0.29, 0.717) is 18.8 Å². The lowest BCUT2D eigenvalue weighted by atomic mass is 9.98. The van der Waals surface area contributed by atoms with Crippen molar-refractivity contribution >= 4 is 5.91 Å². The first-order valence-corrected chi connectivity index (χ1v) is 8.38. The maximum atomic E-state index is 12.6. The fourth-order valence-corrected chi connectivity index (χ4v) is 3.61. The number of furan rings is 1. The topological polar surface area (TPSA) is 58.8 Å². The molecule has 6 nitrogen and oxygen atoms in total. The van der Waals surface area contributed by atoms with Crippen LogP contribution in [0.5, 0.6) is 0 Å². The van der Waals surface area contributed by atoms with Gasteiger partial charge in [-0.1, -0.05) is 6.07 Å². The van der Waals surface area contributed by atoms with E-state index in [0.717, 1.165) is 26.1 Å². The van der Waals surface area contributed by atoms with Gasteiger partial charge in [-0.3, -0.25) is 14.7 Å². The van der Waals surface area contributed by atoms with Crippen molar-refractivity contribution in [1.29, 1.82) is 0 Å². The van der Waals surface area contributed by atoms with Crippen LogP contribution in [0.3, 0.4) is 0 Å². The van der Waals surface area contributed by atoms with Crippen molar-refractivity contribution in [1.82, 2.24) is 14.8 Å². The molecular weight excluding hydrogens is 306 g/mol. The minimum Gasteiger partial charge on any atom is -0.459 e. The number of nitrogens with zero attached hydrogens (tertiary/aromatic N) is 3. The molecular formula is C18H21N3O3. The molecule has 0 N–H and O–H groups in total. The number of pyridine rings is 1. The second-order valence-corrected chi connectivity index (χ2v) is 6.33. The molecule has 24 heavy (non-hydrogen) atoms. The van der Waals surface area contributed by atoms with Crippen molar-refractivity contribution < 1.29 is 13.9 Å². The number of carbonyl (C=O) groups is 1. The van der Waals surface area contributed by atoms with Gasteiger partial charge < -0.3 is 14.1 Å². The molecule has 4 heterocycles. The monoisotopic (exact) mass is 327 g/mol. The van der Waals surface area contributed by atoms with Crippen molar-refractivity contribution in [2.75, 3.05) is 26.2 Å². The van der Waals surface area contributed by atoms with E-state index in [4.69, 9.17) is 9.15 Å². The summed E-state index contributed by atoms with van der Waals surface area (Å²) in [4.78, 5) is 21.0. The number of carbonyl (C=O) groups excluding carboxylic acids is 1. The zero-order chi connectivity index (χ0) is 16.4. The van der Waals surface area contributed by atoms with Gasteiger partial charge in [0.15, 0.2) is 5.76 Å². The number of morpholine rings is 1. The molecule has 0 spiro atoms. The third-order valence-corrected chi connectivity index (χ3v) is 4.83. The van der Waals surface area contributed by atoms with Crippen LogP contribution >= 0.6 is 0 Å². The zero-order valence-electron chi connectivity index (χ0n) is 13.5. The Hall–Kier alpha value is -2.18. The van der Waals surface area contributed by atoms with Gasteiger partial charge in [0.2, 0.25) is 0 Å². The van der Waals surface area contributed by atoms with Gasteiger partial charge in [-0.05, 0) is 30.2 Å². The lowest BCUT2D eigenvalue weighted by Gasteiger charge is -2.46. The number of hydrogen-bond donors (Lipinski definition) is 0. The molecule has 0 saturated carbocycles. The Morgan fingerprint density at radius 2 is 2.25 bits per heavy atom. The van der Waals surface area contributed by atoms with Crippen LogP contribution in [0.2, 0.25) is 0 Å². The molecule has 2 saturated heterocycles. The molecule has 0 unspecified atom stereocenters. The number of hydrogen-bond acceptors (Lipinski definition) is 5. The molecule has 2 aliphatic rings. The van der Waals surface area contributed by atoms with Gasteiger partial charge in [0.25, 0.3) is 5.91 Å². The summed E-state index contributed by atoms with van der Waals surface area (Å²) in [5, 5.41) is 0. The molecule has 4 rings (SSSR count). The third-order valence-electron chi connectivity index (χ3n) is 4.83. The first kappa shape index (κ1) is 15.4. The molecule has 126 valence electrons. The van der Waals surface area contributed by atoms with Crippen LogP contribution in [0.25, 0.3) is 0 Å². The summed E-state index contributed by atoms with van der Waals surface area (Å²) < 4.78 is 11.2. The SMILES string of the molecule is O=C(c1ccco1)N1CC[C@@H]2OCCN(Cc3cccnc3)[C@H]2C1. The highest BCUT2D eigenvalue weighted by molar-refractivity contribution is 5.91. The maximum Gasteiger partial charge on any atom is 0.289 e. The van der Waals surface area contributed by atoms with Gasteiger partial charge >= 0.3 is 0 Å². The van der Waals surface area contributed by atoms with Crippen LogP contribution in [-0.4, -0.2) is 59.1 Å². The van der Waals surface area contributed by atoms with Crippen molar-refractivity contribution in [2.24, 2.45) is 0 Å². The fourth-order valence-electron chi connectivity index (χ4n) is 3.61. The molecule has 2 fully saturated rings. The standard InChI is InChI=1S/C18H21N3O3/c22-18(17-4-2-9-23-17)21-7-5-16-15(13-21)20(8-10-24-16)12-14-3-1-6-19-11-14/h1-4,6,9,11,15-16H,5,7-8,10,12-13H2/t15-,16-/m0/s1. The molecule has 2 aromatic rings. The number of fused-ring (bicyclic) bond motifs is 1. The Kier molecular flexibility index (Phi) is 4.32. The van der Waals surface area contributed by atoms with Gasteiger partial charge in [0.1, 0.15) is 0 Å². The van der Waals surface area contributed by atoms with Crippen molar-refractivity contribution in [3.63, 3.8) is 0 Å². The number of ether oxygens (including phenoxy) is 1. The van der Waals surface area contributed by atoms with Crippen molar-refractivity contribution in [3.8, 4) is 0 Å². The van der Waals surface area contributed by atoms with Gasteiger partial charge in [-0.25, -0.2) is 0 Å². The van der Waals surface area contributed by atoms with Gasteiger partial charge in [0, 0.05) is 38.6 Å². The number of amides is 1. The summed E-state index contributed by atoms with van der Waals surface area (Å²) in [6, 6.07) is 7.73. The molecule has 0 aromatic carbocycles. The molecule has 2 atom stereocenters. The highest BCUT2D eigenvalue weighted by Gasteiger charge is 2.38. The fraction of sp³-hybridized carbons (Fsp3) is 0.444. The predicted molar refractivity (Wildman–Crippen MR) is 87.4 cm³/mol. The molecule has 0 radical (unpaired) electrons. The van der Waals surface area contributed by atoms with E-state index in [1.54, 1.807) is 24.6 Å². The van der Waals surface area contributed by atoms with Crippen LogP contribution in [-0.2, 0) is 11.3 Å². The second kappa shape index (κ2) is 6.75. The van der Waals surface area contributed by atoms with Gasteiger partial charge in [-0.15, -0.1) is 0 Å². The average molecular weight is 327 g/mol. The number of likely N-dealkylation sites (tertiary alicyclic amines) is 1. The first-order chi connectivity index (χ1) is 11.8. The minimum atomic E-state index is -0.0367. The number of aromatic nitrogens is 1. The molecule has 2 aliphatic heterocycles. The summed E-state index contributed by atoms with van der Waals surface area (Å²) in [6.45, 7) is 3.83. The summed E-state index contributed by atoms with van der Waals surface area (Å²) >= 11 is 0. The predicted octanol–water partition coefficient (Wildman–Crippen LogP) is 1.79. The van der Waals surface area contributed by atoms with Crippen LogP contribution in [0.15, 0.2) is 47.3 Å². The molecule has 0 bridgehead atoms. The van der Waals surface area contributed by atoms with E-state index >= 15 is 0 Å². The lowest BCUT2D eigenvalue weighted by Crippen LogP contribution is -2.60. The Balaban J connectivity index is 1.48. The van der Waals surface area contributed by atoms with Crippen molar-refractivity contribution in [2.45, 2.75) is 25.1 Å². The molecule has 1 amide bonds. The number of rotatable bonds is 3. The molecule has 6 heteroatoms. The Bertz CT molecular complexity index is 674. The maximum absolute atomic E-state index is 12.6. The smallest absolute Gasteiger partial charge is 0.289 e. The van der Waals surface area contributed by atoms with E-state index in [9.17, 15) is 4.79 Å². The van der Waals surface area contributed by atoms with Crippen LogP contribution < -0.4 is 0 Å². The van der Waals surface area contributed by atoms with Gasteiger partial charge in [-0.2, -0.15) is 0 Å². The summed E-state index contributed by atoms with van der Waals surface area (Å²) in [5.41, 5.74) is 1.19. The van der Waals surface area contributed by atoms with E-state index in [-0.39, 0.29) is 18.1 Å². The second-order valence-electron chi connectivity index (χ2n) is 6.33.